The van der Waals surface area contributed by atoms with Gasteiger partial charge in [-0.25, -0.2) is 4.79 Å². The lowest BCUT2D eigenvalue weighted by molar-refractivity contribution is -0.119. The molecule has 25 heavy (non-hydrogen) atoms. The van der Waals surface area contributed by atoms with Crippen LogP contribution in [0.25, 0.3) is 0 Å². The summed E-state index contributed by atoms with van der Waals surface area (Å²) in [6, 6.07) is 13.6. The van der Waals surface area contributed by atoms with E-state index in [9.17, 15) is 9.59 Å². The Morgan fingerprint density at radius 1 is 1.08 bits per heavy atom. The molecule has 1 amide bonds. The number of carbonyl (C=O) groups is 2. The number of benzene rings is 2. The second-order valence-electron chi connectivity index (χ2n) is 5.39. The summed E-state index contributed by atoms with van der Waals surface area (Å²) in [7, 11) is 0. The van der Waals surface area contributed by atoms with Gasteiger partial charge in [-0.2, -0.15) is 5.26 Å². The normalized spacial score (nSPS) is 9.80. The molecule has 2 rings (SSSR count). The molecule has 0 heterocycles. The average Bonchev–Trinajstić information content (AvgIpc) is 2.61. The van der Waals surface area contributed by atoms with Gasteiger partial charge in [0.05, 0.1) is 5.56 Å². The SMILES string of the molecule is Cc1ccc(NC(=O)COC(=O)c2ccc(OCC#N)cc2)cc1C. The lowest BCUT2D eigenvalue weighted by atomic mass is 10.1. The van der Waals surface area contributed by atoms with Crippen LogP contribution in [0.2, 0.25) is 0 Å². The van der Waals surface area contributed by atoms with Crippen molar-refractivity contribution in [2.45, 2.75) is 13.8 Å². The van der Waals surface area contributed by atoms with Gasteiger partial charge in [-0.05, 0) is 61.4 Å². The van der Waals surface area contributed by atoms with E-state index in [2.05, 4.69) is 5.32 Å². The minimum Gasteiger partial charge on any atom is -0.479 e. The number of nitrogens with zero attached hydrogens (tertiary/aromatic N) is 1. The average molecular weight is 338 g/mol. The van der Waals surface area contributed by atoms with Gasteiger partial charge in [0.15, 0.2) is 13.2 Å². The Kier molecular flexibility index (Phi) is 6.13. The van der Waals surface area contributed by atoms with Crippen molar-refractivity contribution in [2.75, 3.05) is 18.5 Å². The predicted octanol–water partition coefficient (Wildman–Crippen LogP) is 3.00. The maximum atomic E-state index is 11.9. The molecule has 6 nitrogen and oxygen atoms in total. The number of hydrogen-bond acceptors (Lipinski definition) is 5. The van der Waals surface area contributed by atoms with Crippen molar-refractivity contribution in [3.05, 3.63) is 59.2 Å². The third-order valence-electron chi connectivity index (χ3n) is 3.52. The Morgan fingerprint density at radius 2 is 1.80 bits per heavy atom. The van der Waals surface area contributed by atoms with E-state index >= 15 is 0 Å². The van der Waals surface area contributed by atoms with Crippen molar-refractivity contribution < 1.29 is 19.1 Å². The summed E-state index contributed by atoms with van der Waals surface area (Å²) in [5.74, 6) is -0.543. The first-order valence-electron chi connectivity index (χ1n) is 7.63. The number of hydrogen-bond donors (Lipinski definition) is 1. The van der Waals surface area contributed by atoms with Gasteiger partial charge in [0, 0.05) is 5.69 Å². The van der Waals surface area contributed by atoms with Crippen LogP contribution in [0.5, 0.6) is 5.75 Å². The Labute approximate surface area is 146 Å². The Balaban J connectivity index is 1.85. The number of nitriles is 1. The first-order chi connectivity index (χ1) is 12.0. The van der Waals surface area contributed by atoms with E-state index in [1.165, 1.54) is 12.1 Å². The van der Waals surface area contributed by atoms with E-state index < -0.39 is 11.9 Å². The fourth-order valence-corrected chi connectivity index (χ4v) is 2.03. The lowest BCUT2D eigenvalue weighted by Crippen LogP contribution is -2.21. The highest BCUT2D eigenvalue weighted by Gasteiger charge is 2.11. The number of ether oxygens (including phenoxy) is 2. The Hall–Kier alpha value is -3.33. The summed E-state index contributed by atoms with van der Waals surface area (Å²) in [6.45, 7) is 3.50. The minimum absolute atomic E-state index is 0.0670. The molecule has 2 aromatic carbocycles. The van der Waals surface area contributed by atoms with Crippen molar-refractivity contribution in [3.63, 3.8) is 0 Å². The zero-order valence-electron chi connectivity index (χ0n) is 14.0. The van der Waals surface area contributed by atoms with Gasteiger partial charge in [0.1, 0.15) is 11.8 Å². The maximum absolute atomic E-state index is 11.9. The largest absolute Gasteiger partial charge is 0.479 e. The molecule has 0 radical (unpaired) electrons. The van der Waals surface area contributed by atoms with Crippen molar-refractivity contribution in [1.82, 2.24) is 0 Å². The van der Waals surface area contributed by atoms with Gasteiger partial charge >= 0.3 is 5.97 Å². The highest BCUT2D eigenvalue weighted by atomic mass is 16.5. The zero-order chi connectivity index (χ0) is 18.2. The molecular formula is C19H18N2O4. The number of nitrogens with one attached hydrogen (secondary N) is 1. The second kappa shape index (κ2) is 8.50. The van der Waals surface area contributed by atoms with Crippen molar-refractivity contribution in [1.29, 1.82) is 5.26 Å². The molecule has 2 aromatic rings. The van der Waals surface area contributed by atoms with Gasteiger partial charge in [0.25, 0.3) is 5.91 Å². The van der Waals surface area contributed by atoms with Crippen LogP contribution in [0, 0.1) is 25.2 Å². The number of carbonyl (C=O) groups excluding carboxylic acids is 2. The summed E-state index contributed by atoms with van der Waals surface area (Å²) in [6.07, 6.45) is 0. The molecule has 0 aliphatic carbocycles. The smallest absolute Gasteiger partial charge is 0.338 e. The highest BCUT2D eigenvalue weighted by molar-refractivity contribution is 5.95. The third-order valence-corrected chi connectivity index (χ3v) is 3.52. The van der Waals surface area contributed by atoms with Crippen LogP contribution in [-0.2, 0) is 9.53 Å². The summed E-state index contributed by atoms with van der Waals surface area (Å²) >= 11 is 0. The second-order valence-corrected chi connectivity index (χ2v) is 5.39. The Morgan fingerprint density at radius 3 is 2.44 bits per heavy atom. The highest BCUT2D eigenvalue weighted by Crippen LogP contribution is 2.15. The topological polar surface area (TPSA) is 88.4 Å². The summed E-state index contributed by atoms with van der Waals surface area (Å²) in [5.41, 5.74) is 3.14. The minimum atomic E-state index is -0.609. The van der Waals surface area contributed by atoms with Crippen LogP contribution in [0.4, 0.5) is 5.69 Å². The quantitative estimate of drug-likeness (QED) is 0.818. The molecule has 0 aliphatic heterocycles. The molecule has 0 fully saturated rings. The van der Waals surface area contributed by atoms with E-state index in [1.807, 2.05) is 32.0 Å². The van der Waals surface area contributed by atoms with Gasteiger partial charge in [-0.15, -0.1) is 0 Å². The lowest BCUT2D eigenvalue weighted by Gasteiger charge is -2.09. The number of aryl methyl sites for hydroxylation is 2. The molecule has 0 unspecified atom stereocenters. The fourth-order valence-electron chi connectivity index (χ4n) is 2.03. The predicted molar refractivity (Wildman–Crippen MR) is 92.4 cm³/mol. The van der Waals surface area contributed by atoms with Crippen molar-refractivity contribution >= 4 is 17.6 Å². The molecule has 0 spiro atoms. The van der Waals surface area contributed by atoms with Crippen LogP contribution in [-0.4, -0.2) is 25.1 Å². The van der Waals surface area contributed by atoms with Crippen LogP contribution in [0.1, 0.15) is 21.5 Å². The molecule has 0 saturated heterocycles. The van der Waals surface area contributed by atoms with Gasteiger partial charge in [-0.3, -0.25) is 4.79 Å². The van der Waals surface area contributed by atoms with E-state index in [4.69, 9.17) is 14.7 Å². The summed E-state index contributed by atoms with van der Waals surface area (Å²) in [4.78, 5) is 23.8. The molecule has 128 valence electrons. The zero-order valence-corrected chi connectivity index (χ0v) is 14.0. The van der Waals surface area contributed by atoms with Crippen LogP contribution < -0.4 is 10.1 Å². The standard InChI is InChI=1S/C19H18N2O4/c1-13-3-6-16(11-14(13)2)21-18(22)12-25-19(23)15-4-7-17(8-5-15)24-10-9-20/h3-8,11H,10,12H2,1-2H3,(H,21,22). The Bertz CT molecular complexity index is 807. The molecule has 1 N–H and O–H groups in total. The fraction of sp³-hybridized carbons (Fsp3) is 0.211. The van der Waals surface area contributed by atoms with Gasteiger partial charge in [0.2, 0.25) is 0 Å². The number of rotatable bonds is 6. The van der Waals surface area contributed by atoms with Crippen molar-refractivity contribution in [2.24, 2.45) is 0 Å². The molecule has 0 aromatic heterocycles. The number of anilines is 1. The maximum Gasteiger partial charge on any atom is 0.338 e. The van der Waals surface area contributed by atoms with Gasteiger partial charge < -0.3 is 14.8 Å². The third kappa shape index (κ3) is 5.36. The van der Waals surface area contributed by atoms with Crippen LogP contribution >= 0.6 is 0 Å². The molecule has 6 heteroatoms. The molecule has 0 bridgehead atoms. The van der Waals surface area contributed by atoms with E-state index in [-0.39, 0.29) is 13.2 Å². The summed E-state index contributed by atoms with van der Waals surface area (Å²) in [5, 5.41) is 11.1. The van der Waals surface area contributed by atoms with Crippen LogP contribution in [0.15, 0.2) is 42.5 Å². The first-order valence-corrected chi connectivity index (χ1v) is 7.63. The monoisotopic (exact) mass is 338 g/mol. The number of esters is 1. The molecule has 0 saturated carbocycles. The van der Waals surface area contributed by atoms with Crippen molar-refractivity contribution in [3.8, 4) is 11.8 Å². The van der Waals surface area contributed by atoms with Gasteiger partial charge in [-0.1, -0.05) is 6.07 Å². The number of amides is 1. The van der Waals surface area contributed by atoms with E-state index in [1.54, 1.807) is 18.2 Å². The first kappa shape index (κ1) is 18.0. The van der Waals surface area contributed by atoms with Crippen LogP contribution in [0.3, 0.4) is 0 Å². The molecular weight excluding hydrogens is 320 g/mol. The van der Waals surface area contributed by atoms with E-state index in [0.29, 0.717) is 17.0 Å². The summed E-state index contributed by atoms with van der Waals surface area (Å²) < 4.78 is 10.1. The van der Waals surface area contributed by atoms with E-state index in [0.717, 1.165) is 11.1 Å². The molecule has 0 atom stereocenters. The molecule has 0 aliphatic rings.